The molecule has 1 aromatic heterocycles. The summed E-state index contributed by atoms with van der Waals surface area (Å²) in [5.41, 5.74) is 0.954. The van der Waals surface area contributed by atoms with Gasteiger partial charge in [0.15, 0.2) is 0 Å². The topological polar surface area (TPSA) is 45.6 Å². The van der Waals surface area contributed by atoms with Crippen LogP contribution in [0.4, 0.5) is 8.78 Å². The van der Waals surface area contributed by atoms with E-state index in [9.17, 15) is 13.9 Å². The zero-order valence-electron chi connectivity index (χ0n) is 13.3. The molecule has 0 spiro atoms. The molecule has 2 aromatic rings. The van der Waals surface area contributed by atoms with Gasteiger partial charge < -0.3 is 9.84 Å². The quantitative estimate of drug-likeness (QED) is 0.910. The van der Waals surface area contributed by atoms with E-state index in [1.54, 1.807) is 18.2 Å². The van der Waals surface area contributed by atoms with Crippen molar-refractivity contribution in [3.63, 3.8) is 0 Å². The molecule has 128 valence electrons. The SMILES string of the molecule is OC[C@@]1(Cc2ccc(F)cc2)CN(Cc2ccc(F)cn2)CCO1. The third kappa shape index (κ3) is 4.14. The Hall–Kier alpha value is -1.89. The first-order valence-corrected chi connectivity index (χ1v) is 7.91. The van der Waals surface area contributed by atoms with Crippen molar-refractivity contribution in [2.75, 3.05) is 26.3 Å². The number of aliphatic hydroxyl groups excluding tert-OH is 1. The Kier molecular flexibility index (Phi) is 5.18. The summed E-state index contributed by atoms with van der Waals surface area (Å²) < 4.78 is 31.9. The first-order chi connectivity index (χ1) is 11.6. The Morgan fingerprint density at radius 1 is 1.12 bits per heavy atom. The molecule has 1 aliphatic rings. The highest BCUT2D eigenvalue weighted by atomic mass is 19.1. The maximum absolute atomic E-state index is 13.1. The van der Waals surface area contributed by atoms with Gasteiger partial charge in [-0.15, -0.1) is 0 Å². The highest BCUT2D eigenvalue weighted by molar-refractivity contribution is 5.19. The lowest BCUT2D eigenvalue weighted by atomic mass is 9.93. The third-order valence-electron chi connectivity index (χ3n) is 4.23. The zero-order chi connectivity index (χ0) is 17.0. The highest BCUT2D eigenvalue weighted by Gasteiger charge is 2.36. The number of hydrogen-bond acceptors (Lipinski definition) is 4. The molecule has 24 heavy (non-hydrogen) atoms. The molecule has 0 aliphatic carbocycles. The molecule has 0 unspecified atom stereocenters. The van der Waals surface area contributed by atoms with Crippen LogP contribution in [0, 0.1) is 11.6 Å². The molecule has 1 aliphatic heterocycles. The van der Waals surface area contributed by atoms with Crippen LogP contribution < -0.4 is 0 Å². The van der Waals surface area contributed by atoms with Crippen molar-refractivity contribution in [1.29, 1.82) is 0 Å². The number of hydrogen-bond donors (Lipinski definition) is 1. The van der Waals surface area contributed by atoms with Crippen molar-refractivity contribution in [3.8, 4) is 0 Å². The average Bonchev–Trinajstić information content (AvgIpc) is 2.59. The van der Waals surface area contributed by atoms with Crippen molar-refractivity contribution >= 4 is 0 Å². The summed E-state index contributed by atoms with van der Waals surface area (Å²) in [5.74, 6) is -0.646. The normalized spacial score (nSPS) is 21.8. The summed E-state index contributed by atoms with van der Waals surface area (Å²) >= 11 is 0. The lowest BCUT2D eigenvalue weighted by Crippen LogP contribution is -2.55. The second-order valence-electron chi connectivity index (χ2n) is 6.17. The summed E-state index contributed by atoms with van der Waals surface area (Å²) in [4.78, 5) is 6.21. The Balaban J connectivity index is 1.69. The number of rotatable bonds is 5. The second-order valence-corrected chi connectivity index (χ2v) is 6.17. The van der Waals surface area contributed by atoms with E-state index in [1.807, 2.05) is 0 Å². The van der Waals surface area contributed by atoms with Crippen LogP contribution in [0.15, 0.2) is 42.6 Å². The monoisotopic (exact) mass is 334 g/mol. The molecule has 3 rings (SSSR count). The maximum atomic E-state index is 13.1. The summed E-state index contributed by atoms with van der Waals surface area (Å²) in [7, 11) is 0. The standard InChI is InChI=1S/C18H20F2N2O2/c19-15-3-1-14(2-4-15)9-18(13-23)12-22(7-8-24-18)11-17-6-5-16(20)10-21-17/h1-6,10,23H,7-9,11-13H2/t18-/m1/s1. The van der Waals surface area contributed by atoms with Crippen molar-refractivity contribution < 1.29 is 18.6 Å². The highest BCUT2D eigenvalue weighted by Crippen LogP contribution is 2.24. The van der Waals surface area contributed by atoms with Crippen molar-refractivity contribution in [3.05, 3.63) is 65.5 Å². The van der Waals surface area contributed by atoms with Gasteiger partial charge in [0, 0.05) is 26.1 Å². The Morgan fingerprint density at radius 3 is 2.54 bits per heavy atom. The van der Waals surface area contributed by atoms with Crippen LogP contribution >= 0.6 is 0 Å². The summed E-state index contributed by atoms with van der Waals surface area (Å²) in [6.07, 6.45) is 1.70. The average molecular weight is 334 g/mol. The largest absolute Gasteiger partial charge is 0.393 e. The molecule has 6 heteroatoms. The van der Waals surface area contributed by atoms with Crippen molar-refractivity contribution in [1.82, 2.24) is 9.88 Å². The number of ether oxygens (including phenoxy) is 1. The summed E-state index contributed by atoms with van der Waals surface area (Å²) in [6, 6.07) is 9.27. The third-order valence-corrected chi connectivity index (χ3v) is 4.23. The maximum Gasteiger partial charge on any atom is 0.141 e. The molecule has 0 amide bonds. The molecule has 1 N–H and O–H groups in total. The van der Waals surface area contributed by atoms with Crippen LogP contribution in [0.3, 0.4) is 0 Å². The van der Waals surface area contributed by atoms with E-state index >= 15 is 0 Å². The van der Waals surface area contributed by atoms with Crippen LogP contribution in [0.25, 0.3) is 0 Å². The summed E-state index contributed by atoms with van der Waals surface area (Å²) in [5, 5.41) is 9.89. The zero-order valence-corrected chi connectivity index (χ0v) is 13.3. The van der Waals surface area contributed by atoms with Gasteiger partial charge in [-0.1, -0.05) is 12.1 Å². The fourth-order valence-electron chi connectivity index (χ4n) is 3.02. The first kappa shape index (κ1) is 17.0. The molecular formula is C18H20F2N2O2. The molecule has 1 saturated heterocycles. The molecule has 1 atom stereocenters. The lowest BCUT2D eigenvalue weighted by molar-refractivity contribution is -0.134. The number of nitrogens with zero attached hydrogens (tertiary/aromatic N) is 2. The van der Waals surface area contributed by atoms with E-state index in [4.69, 9.17) is 4.74 Å². The van der Waals surface area contributed by atoms with E-state index in [0.717, 1.165) is 11.3 Å². The minimum atomic E-state index is -0.726. The van der Waals surface area contributed by atoms with E-state index in [1.165, 1.54) is 24.4 Å². The van der Waals surface area contributed by atoms with Gasteiger partial charge in [-0.3, -0.25) is 9.88 Å². The number of aromatic nitrogens is 1. The molecular weight excluding hydrogens is 314 g/mol. The van der Waals surface area contributed by atoms with E-state index in [0.29, 0.717) is 32.7 Å². The van der Waals surface area contributed by atoms with Gasteiger partial charge in [-0.2, -0.15) is 0 Å². The van der Waals surface area contributed by atoms with Gasteiger partial charge in [0.25, 0.3) is 0 Å². The van der Waals surface area contributed by atoms with E-state index in [-0.39, 0.29) is 18.2 Å². The first-order valence-electron chi connectivity index (χ1n) is 7.91. The Bertz CT molecular complexity index is 664. The fraction of sp³-hybridized carbons (Fsp3) is 0.389. The van der Waals surface area contributed by atoms with Crippen LogP contribution in [-0.4, -0.2) is 46.9 Å². The molecule has 2 heterocycles. The smallest absolute Gasteiger partial charge is 0.141 e. The fourth-order valence-corrected chi connectivity index (χ4v) is 3.02. The number of aliphatic hydroxyl groups is 1. The molecule has 0 bridgehead atoms. The predicted molar refractivity (Wildman–Crippen MR) is 85.3 cm³/mol. The molecule has 0 saturated carbocycles. The van der Waals surface area contributed by atoms with Crippen LogP contribution in [0.2, 0.25) is 0 Å². The van der Waals surface area contributed by atoms with Gasteiger partial charge in [-0.25, -0.2) is 8.78 Å². The summed E-state index contributed by atoms with van der Waals surface area (Å²) in [6.45, 7) is 2.17. The molecule has 4 nitrogen and oxygen atoms in total. The van der Waals surface area contributed by atoms with Crippen LogP contribution in [-0.2, 0) is 17.7 Å². The second kappa shape index (κ2) is 7.34. The van der Waals surface area contributed by atoms with Crippen molar-refractivity contribution in [2.24, 2.45) is 0 Å². The number of pyridine rings is 1. The van der Waals surface area contributed by atoms with Crippen molar-refractivity contribution in [2.45, 2.75) is 18.6 Å². The number of morpholine rings is 1. The van der Waals surface area contributed by atoms with Gasteiger partial charge in [0.05, 0.1) is 25.1 Å². The van der Waals surface area contributed by atoms with Gasteiger partial charge in [0.1, 0.15) is 17.2 Å². The lowest BCUT2D eigenvalue weighted by Gasteiger charge is -2.41. The van der Waals surface area contributed by atoms with E-state index in [2.05, 4.69) is 9.88 Å². The molecule has 1 fully saturated rings. The number of benzene rings is 1. The van der Waals surface area contributed by atoms with E-state index < -0.39 is 5.60 Å². The van der Waals surface area contributed by atoms with Gasteiger partial charge >= 0.3 is 0 Å². The minimum absolute atomic E-state index is 0.127. The van der Waals surface area contributed by atoms with Gasteiger partial charge in [0.2, 0.25) is 0 Å². The predicted octanol–water partition coefficient (Wildman–Crippen LogP) is 2.17. The Labute approximate surface area is 139 Å². The minimum Gasteiger partial charge on any atom is -0.393 e. The molecule has 0 radical (unpaired) electrons. The van der Waals surface area contributed by atoms with Gasteiger partial charge in [-0.05, 0) is 29.8 Å². The number of halogens is 2. The van der Waals surface area contributed by atoms with Crippen LogP contribution in [0.1, 0.15) is 11.3 Å². The van der Waals surface area contributed by atoms with Crippen LogP contribution in [0.5, 0.6) is 0 Å². The molecule has 1 aromatic carbocycles. The Morgan fingerprint density at radius 2 is 1.88 bits per heavy atom.